The molecule has 0 aliphatic heterocycles. The molecule has 0 saturated heterocycles. The first kappa shape index (κ1) is 17.9. The van der Waals surface area contributed by atoms with Crippen LogP contribution < -0.4 is 5.32 Å². The SMILES string of the molecule is Cc1ccc(-c2ccc(C(=O)NC[C@H](O)c3ccc(C)o3)c(F)c2)cc1. The van der Waals surface area contributed by atoms with Gasteiger partial charge in [-0.3, -0.25) is 4.79 Å². The molecule has 134 valence electrons. The van der Waals surface area contributed by atoms with Crippen LogP contribution in [0.25, 0.3) is 11.1 Å². The summed E-state index contributed by atoms with van der Waals surface area (Å²) in [5.41, 5.74) is 2.63. The number of rotatable bonds is 5. The smallest absolute Gasteiger partial charge is 0.254 e. The van der Waals surface area contributed by atoms with Crippen LogP contribution in [0.15, 0.2) is 59.0 Å². The van der Waals surface area contributed by atoms with Gasteiger partial charge in [-0.1, -0.05) is 35.9 Å². The van der Waals surface area contributed by atoms with Gasteiger partial charge < -0.3 is 14.8 Å². The highest BCUT2D eigenvalue weighted by molar-refractivity contribution is 5.95. The van der Waals surface area contributed by atoms with E-state index in [0.29, 0.717) is 17.1 Å². The van der Waals surface area contributed by atoms with E-state index in [1.54, 1.807) is 25.1 Å². The summed E-state index contributed by atoms with van der Waals surface area (Å²) in [6.07, 6.45) is -0.984. The van der Waals surface area contributed by atoms with Gasteiger partial charge in [-0.25, -0.2) is 4.39 Å². The summed E-state index contributed by atoms with van der Waals surface area (Å²) in [4.78, 5) is 12.2. The molecule has 2 aromatic carbocycles. The van der Waals surface area contributed by atoms with Crippen molar-refractivity contribution in [2.24, 2.45) is 0 Å². The first-order chi connectivity index (χ1) is 12.4. The molecule has 0 bridgehead atoms. The van der Waals surface area contributed by atoms with Crippen molar-refractivity contribution in [3.05, 3.63) is 83.1 Å². The molecule has 3 rings (SSSR count). The molecular formula is C21H20FNO3. The first-order valence-corrected chi connectivity index (χ1v) is 8.33. The number of aryl methyl sites for hydroxylation is 2. The molecule has 0 fully saturated rings. The second-order valence-electron chi connectivity index (χ2n) is 6.23. The zero-order valence-electron chi connectivity index (χ0n) is 14.6. The van der Waals surface area contributed by atoms with Crippen molar-refractivity contribution < 1.29 is 18.7 Å². The quantitative estimate of drug-likeness (QED) is 0.724. The summed E-state index contributed by atoms with van der Waals surface area (Å²) in [5, 5.41) is 12.5. The average molecular weight is 353 g/mol. The fraction of sp³-hybridized carbons (Fsp3) is 0.190. The van der Waals surface area contributed by atoms with E-state index in [-0.39, 0.29) is 12.1 Å². The van der Waals surface area contributed by atoms with Crippen LogP contribution in [0.4, 0.5) is 4.39 Å². The molecule has 1 atom stereocenters. The number of furan rings is 1. The van der Waals surface area contributed by atoms with Crippen molar-refractivity contribution >= 4 is 5.91 Å². The molecule has 0 saturated carbocycles. The van der Waals surface area contributed by atoms with Crippen molar-refractivity contribution in [2.45, 2.75) is 20.0 Å². The minimum atomic E-state index is -0.984. The van der Waals surface area contributed by atoms with Gasteiger partial charge in [0.1, 0.15) is 23.4 Å². The van der Waals surface area contributed by atoms with Crippen molar-refractivity contribution in [3.8, 4) is 11.1 Å². The Balaban J connectivity index is 1.68. The van der Waals surface area contributed by atoms with E-state index in [1.165, 1.54) is 12.1 Å². The lowest BCUT2D eigenvalue weighted by Crippen LogP contribution is -2.29. The summed E-state index contributed by atoms with van der Waals surface area (Å²) >= 11 is 0. The van der Waals surface area contributed by atoms with Crippen molar-refractivity contribution in [2.75, 3.05) is 6.54 Å². The Kier molecular flexibility index (Phi) is 5.19. The average Bonchev–Trinajstić information content (AvgIpc) is 3.06. The van der Waals surface area contributed by atoms with E-state index in [0.717, 1.165) is 11.1 Å². The number of benzene rings is 2. The summed E-state index contributed by atoms with van der Waals surface area (Å²) in [6.45, 7) is 3.68. The maximum Gasteiger partial charge on any atom is 0.254 e. The predicted octanol–water partition coefficient (Wildman–Crippen LogP) is 4.17. The van der Waals surface area contributed by atoms with Gasteiger partial charge in [-0.15, -0.1) is 0 Å². The maximum atomic E-state index is 14.4. The highest BCUT2D eigenvalue weighted by atomic mass is 19.1. The summed E-state index contributed by atoms with van der Waals surface area (Å²) < 4.78 is 19.7. The van der Waals surface area contributed by atoms with Gasteiger partial charge in [0.2, 0.25) is 0 Å². The van der Waals surface area contributed by atoms with Crippen molar-refractivity contribution in [1.82, 2.24) is 5.32 Å². The third-order valence-electron chi connectivity index (χ3n) is 4.14. The summed E-state index contributed by atoms with van der Waals surface area (Å²) in [5.74, 6) is -0.162. The molecule has 0 spiro atoms. The molecule has 26 heavy (non-hydrogen) atoms. The Hall–Kier alpha value is -2.92. The van der Waals surface area contributed by atoms with Crippen molar-refractivity contribution in [1.29, 1.82) is 0 Å². The highest BCUT2D eigenvalue weighted by Crippen LogP contribution is 2.22. The van der Waals surface area contributed by atoms with Crippen LogP contribution in [-0.4, -0.2) is 17.6 Å². The molecule has 5 heteroatoms. The fourth-order valence-electron chi connectivity index (χ4n) is 2.64. The predicted molar refractivity (Wildman–Crippen MR) is 97.3 cm³/mol. The lowest BCUT2D eigenvalue weighted by Gasteiger charge is -2.11. The molecule has 0 radical (unpaired) electrons. The molecule has 1 heterocycles. The van der Waals surface area contributed by atoms with Crippen LogP contribution in [0.1, 0.15) is 33.5 Å². The molecule has 3 aromatic rings. The van der Waals surface area contributed by atoms with Gasteiger partial charge in [0, 0.05) is 0 Å². The Morgan fingerprint density at radius 3 is 2.38 bits per heavy atom. The van der Waals surface area contributed by atoms with Crippen LogP contribution in [0.5, 0.6) is 0 Å². The van der Waals surface area contributed by atoms with Crippen LogP contribution in [-0.2, 0) is 0 Å². The number of nitrogens with one attached hydrogen (secondary N) is 1. The molecule has 4 nitrogen and oxygen atoms in total. The van der Waals surface area contributed by atoms with E-state index >= 15 is 0 Å². The maximum absolute atomic E-state index is 14.4. The standard InChI is InChI=1S/C21H20FNO3/c1-13-3-6-15(7-4-13)16-8-9-17(18(22)11-16)21(25)23-12-19(24)20-10-5-14(2)26-20/h3-11,19,24H,12H2,1-2H3,(H,23,25)/t19-/m0/s1. The number of carbonyl (C=O) groups is 1. The molecule has 0 aliphatic carbocycles. The number of carbonyl (C=O) groups excluding carboxylic acids is 1. The molecule has 0 aliphatic rings. The number of aliphatic hydroxyl groups is 1. The van der Waals surface area contributed by atoms with Crippen molar-refractivity contribution in [3.63, 3.8) is 0 Å². The van der Waals surface area contributed by atoms with Crippen LogP contribution >= 0.6 is 0 Å². The molecular weight excluding hydrogens is 333 g/mol. The second-order valence-corrected chi connectivity index (χ2v) is 6.23. The van der Waals surface area contributed by atoms with Crippen LogP contribution in [0, 0.1) is 19.7 Å². The molecule has 1 amide bonds. The van der Waals surface area contributed by atoms with Crippen LogP contribution in [0.3, 0.4) is 0 Å². The van der Waals surface area contributed by atoms with Gasteiger partial charge in [-0.2, -0.15) is 0 Å². The van der Waals surface area contributed by atoms with Gasteiger partial charge in [0.25, 0.3) is 5.91 Å². The summed E-state index contributed by atoms with van der Waals surface area (Å²) in [6, 6.07) is 15.6. The van der Waals surface area contributed by atoms with Gasteiger partial charge in [0.05, 0.1) is 12.1 Å². The second kappa shape index (κ2) is 7.54. The number of halogens is 1. The normalized spacial score (nSPS) is 12.0. The lowest BCUT2D eigenvalue weighted by atomic mass is 10.0. The number of hydrogen-bond donors (Lipinski definition) is 2. The molecule has 2 N–H and O–H groups in total. The summed E-state index contributed by atoms with van der Waals surface area (Å²) in [7, 11) is 0. The van der Waals surface area contributed by atoms with Gasteiger partial charge >= 0.3 is 0 Å². The monoisotopic (exact) mass is 353 g/mol. The minimum Gasteiger partial charge on any atom is -0.464 e. The number of aliphatic hydroxyl groups excluding tert-OH is 1. The third kappa shape index (κ3) is 4.00. The Morgan fingerprint density at radius 2 is 1.77 bits per heavy atom. The van der Waals surface area contributed by atoms with E-state index in [9.17, 15) is 14.3 Å². The van der Waals surface area contributed by atoms with Gasteiger partial charge in [-0.05, 0) is 49.2 Å². The Labute approximate surface area is 151 Å². The van der Waals surface area contributed by atoms with Gasteiger partial charge in [0.15, 0.2) is 0 Å². The fourth-order valence-corrected chi connectivity index (χ4v) is 2.64. The topological polar surface area (TPSA) is 62.5 Å². The zero-order chi connectivity index (χ0) is 18.7. The van der Waals surface area contributed by atoms with E-state index in [2.05, 4.69) is 5.32 Å². The molecule has 1 aromatic heterocycles. The Morgan fingerprint density at radius 1 is 1.08 bits per heavy atom. The zero-order valence-corrected chi connectivity index (χ0v) is 14.6. The minimum absolute atomic E-state index is 0.0645. The number of amides is 1. The number of hydrogen-bond acceptors (Lipinski definition) is 3. The largest absolute Gasteiger partial charge is 0.464 e. The third-order valence-corrected chi connectivity index (χ3v) is 4.14. The molecule has 0 unspecified atom stereocenters. The highest BCUT2D eigenvalue weighted by Gasteiger charge is 2.16. The van der Waals surface area contributed by atoms with E-state index in [4.69, 9.17) is 4.42 Å². The van der Waals surface area contributed by atoms with E-state index < -0.39 is 17.8 Å². The van der Waals surface area contributed by atoms with E-state index in [1.807, 2.05) is 31.2 Å². The van der Waals surface area contributed by atoms with Crippen LogP contribution in [0.2, 0.25) is 0 Å². The first-order valence-electron chi connectivity index (χ1n) is 8.33. The lowest BCUT2D eigenvalue weighted by molar-refractivity contribution is 0.0896. The Bertz CT molecular complexity index is 915.